The largest absolute Gasteiger partial charge is 0.340 e. The van der Waals surface area contributed by atoms with Gasteiger partial charge in [0.05, 0.1) is 4.47 Å². The smallest absolute Gasteiger partial charge is 0.275 e. The highest BCUT2D eigenvalue weighted by atomic mass is 79.9. The van der Waals surface area contributed by atoms with Gasteiger partial charge in [-0.2, -0.15) is 5.10 Å². The van der Waals surface area contributed by atoms with Crippen LogP contribution in [0.1, 0.15) is 29.0 Å². The summed E-state index contributed by atoms with van der Waals surface area (Å²) in [5.74, 6) is 0.691. The molecule has 1 N–H and O–H groups in total. The van der Waals surface area contributed by atoms with Crippen LogP contribution in [-0.4, -0.2) is 34.6 Å². The minimum atomic E-state index is -0.0156. The minimum Gasteiger partial charge on any atom is -0.340 e. The van der Waals surface area contributed by atoms with Crippen molar-refractivity contribution in [2.24, 2.45) is 5.92 Å². The van der Waals surface area contributed by atoms with Crippen LogP contribution in [0, 0.1) is 12.8 Å². The van der Waals surface area contributed by atoms with Gasteiger partial charge in [-0.15, -0.1) is 0 Å². The number of carbonyl (C=O) groups excluding carboxylic acids is 1. The molecule has 1 aliphatic rings. The highest BCUT2D eigenvalue weighted by molar-refractivity contribution is 9.10. The van der Waals surface area contributed by atoms with Crippen LogP contribution in [0.5, 0.6) is 0 Å². The summed E-state index contributed by atoms with van der Waals surface area (Å²) in [6.07, 6.45) is 2.50. The molecule has 1 saturated carbocycles. The number of hydrogen-bond acceptors (Lipinski definition) is 2. The van der Waals surface area contributed by atoms with Gasteiger partial charge in [-0.25, -0.2) is 0 Å². The van der Waals surface area contributed by atoms with E-state index in [9.17, 15) is 4.79 Å². The fourth-order valence-electron chi connectivity index (χ4n) is 1.51. The minimum absolute atomic E-state index is 0.0156. The van der Waals surface area contributed by atoms with Gasteiger partial charge in [0.15, 0.2) is 5.69 Å². The van der Waals surface area contributed by atoms with E-state index in [0.29, 0.717) is 11.6 Å². The molecule has 1 aliphatic carbocycles. The fraction of sp³-hybridized carbons (Fsp3) is 0.600. The van der Waals surface area contributed by atoms with Crippen molar-refractivity contribution in [1.82, 2.24) is 15.1 Å². The molecule has 0 spiro atoms. The Morgan fingerprint density at radius 1 is 1.67 bits per heavy atom. The van der Waals surface area contributed by atoms with E-state index in [2.05, 4.69) is 26.1 Å². The Kier molecular flexibility index (Phi) is 2.82. The number of aromatic nitrogens is 2. The zero-order valence-electron chi connectivity index (χ0n) is 8.88. The molecule has 0 aliphatic heterocycles. The second-order valence-electron chi connectivity index (χ2n) is 4.14. The maximum atomic E-state index is 12.0. The third-order valence-corrected chi connectivity index (χ3v) is 3.62. The molecule has 5 heteroatoms. The summed E-state index contributed by atoms with van der Waals surface area (Å²) < 4.78 is 0.773. The second-order valence-corrected chi connectivity index (χ2v) is 4.93. The first kappa shape index (κ1) is 10.7. The van der Waals surface area contributed by atoms with Gasteiger partial charge < -0.3 is 4.90 Å². The zero-order chi connectivity index (χ0) is 11.0. The van der Waals surface area contributed by atoms with Crippen LogP contribution in [0.3, 0.4) is 0 Å². The van der Waals surface area contributed by atoms with Gasteiger partial charge in [0, 0.05) is 19.3 Å². The Labute approximate surface area is 97.2 Å². The monoisotopic (exact) mass is 271 g/mol. The van der Waals surface area contributed by atoms with E-state index in [4.69, 9.17) is 0 Å². The van der Waals surface area contributed by atoms with Crippen molar-refractivity contribution in [2.75, 3.05) is 13.6 Å². The summed E-state index contributed by atoms with van der Waals surface area (Å²) >= 11 is 3.36. The third kappa shape index (κ3) is 2.22. The standard InChI is InChI=1S/C10H14BrN3O/c1-6-8(11)9(13-12-6)10(15)14(2)5-7-3-4-7/h7H,3-5H2,1-2H3,(H,12,13). The number of nitrogens with zero attached hydrogens (tertiary/aromatic N) is 2. The van der Waals surface area contributed by atoms with Crippen molar-refractivity contribution in [2.45, 2.75) is 19.8 Å². The van der Waals surface area contributed by atoms with Crippen LogP contribution >= 0.6 is 15.9 Å². The maximum absolute atomic E-state index is 12.0. The van der Waals surface area contributed by atoms with E-state index in [1.54, 1.807) is 4.90 Å². The van der Waals surface area contributed by atoms with Gasteiger partial charge in [0.2, 0.25) is 0 Å². The van der Waals surface area contributed by atoms with Crippen molar-refractivity contribution in [3.63, 3.8) is 0 Å². The summed E-state index contributed by atoms with van der Waals surface area (Å²) in [4.78, 5) is 13.7. The lowest BCUT2D eigenvalue weighted by atomic mass is 10.3. The van der Waals surface area contributed by atoms with E-state index in [-0.39, 0.29) is 5.91 Å². The Morgan fingerprint density at radius 2 is 2.33 bits per heavy atom. The number of aryl methyl sites for hydroxylation is 1. The lowest BCUT2D eigenvalue weighted by molar-refractivity contribution is 0.0782. The average Bonchev–Trinajstić information content (AvgIpc) is 2.95. The maximum Gasteiger partial charge on any atom is 0.275 e. The van der Waals surface area contributed by atoms with Crippen LogP contribution in [0.4, 0.5) is 0 Å². The van der Waals surface area contributed by atoms with Gasteiger partial charge in [0.1, 0.15) is 0 Å². The van der Waals surface area contributed by atoms with E-state index >= 15 is 0 Å². The zero-order valence-corrected chi connectivity index (χ0v) is 10.5. The molecule has 0 aromatic carbocycles. The third-order valence-electron chi connectivity index (χ3n) is 2.65. The molecule has 1 aromatic heterocycles. The van der Waals surface area contributed by atoms with Crippen molar-refractivity contribution in [1.29, 1.82) is 0 Å². The molecular weight excluding hydrogens is 258 g/mol. The normalized spacial score (nSPS) is 15.4. The quantitative estimate of drug-likeness (QED) is 0.914. The number of H-pyrrole nitrogens is 1. The van der Waals surface area contributed by atoms with Crippen molar-refractivity contribution < 1.29 is 4.79 Å². The number of rotatable bonds is 3. The number of carbonyl (C=O) groups is 1. The summed E-state index contributed by atoms with van der Waals surface area (Å²) in [5.41, 5.74) is 1.37. The Balaban J connectivity index is 2.08. The summed E-state index contributed by atoms with van der Waals surface area (Å²) in [6, 6.07) is 0. The molecule has 82 valence electrons. The lowest BCUT2D eigenvalue weighted by Crippen LogP contribution is -2.29. The first-order valence-corrected chi connectivity index (χ1v) is 5.85. The highest BCUT2D eigenvalue weighted by Gasteiger charge is 2.27. The molecule has 1 heterocycles. The number of amides is 1. The van der Waals surface area contributed by atoms with Gasteiger partial charge in [0.25, 0.3) is 5.91 Å². The molecule has 0 saturated heterocycles. The molecule has 1 amide bonds. The van der Waals surface area contributed by atoms with Crippen molar-refractivity contribution >= 4 is 21.8 Å². The summed E-state index contributed by atoms with van der Waals surface area (Å²) in [6.45, 7) is 2.73. The van der Waals surface area contributed by atoms with Crippen molar-refractivity contribution in [3.05, 3.63) is 15.9 Å². The lowest BCUT2D eigenvalue weighted by Gasteiger charge is -2.15. The number of aromatic amines is 1. The topological polar surface area (TPSA) is 49.0 Å². The second kappa shape index (κ2) is 3.96. The van der Waals surface area contributed by atoms with Crippen LogP contribution in [0.15, 0.2) is 4.47 Å². The predicted molar refractivity (Wildman–Crippen MR) is 60.7 cm³/mol. The Bertz CT molecular complexity index is 384. The Morgan fingerprint density at radius 3 is 2.80 bits per heavy atom. The molecule has 1 aromatic rings. The van der Waals surface area contributed by atoms with E-state index < -0.39 is 0 Å². The van der Waals surface area contributed by atoms with Crippen LogP contribution in [-0.2, 0) is 0 Å². The number of hydrogen-bond donors (Lipinski definition) is 1. The van der Waals surface area contributed by atoms with Gasteiger partial charge in [-0.3, -0.25) is 9.89 Å². The van der Waals surface area contributed by atoms with Crippen molar-refractivity contribution in [3.8, 4) is 0 Å². The molecule has 1 fully saturated rings. The molecule has 0 atom stereocenters. The highest BCUT2D eigenvalue weighted by Crippen LogP contribution is 2.30. The molecule has 2 rings (SSSR count). The van der Waals surface area contributed by atoms with Gasteiger partial charge in [-0.05, 0) is 41.6 Å². The van der Waals surface area contributed by atoms with E-state index in [0.717, 1.165) is 16.7 Å². The molecule has 4 nitrogen and oxygen atoms in total. The molecule has 0 unspecified atom stereocenters. The number of halogens is 1. The fourth-order valence-corrected chi connectivity index (χ4v) is 1.86. The Hall–Kier alpha value is -0.840. The van der Waals surface area contributed by atoms with Crippen LogP contribution in [0.2, 0.25) is 0 Å². The first-order valence-electron chi connectivity index (χ1n) is 5.05. The van der Waals surface area contributed by atoms with E-state index in [1.807, 2.05) is 14.0 Å². The van der Waals surface area contributed by atoms with Crippen LogP contribution < -0.4 is 0 Å². The van der Waals surface area contributed by atoms with E-state index in [1.165, 1.54) is 12.8 Å². The SMILES string of the molecule is Cc1[nH]nc(C(=O)N(C)CC2CC2)c1Br. The molecular formula is C10H14BrN3O. The summed E-state index contributed by atoms with van der Waals surface area (Å²) in [5, 5.41) is 6.80. The predicted octanol–water partition coefficient (Wildman–Crippen LogP) is 1.96. The molecule has 0 radical (unpaired) electrons. The summed E-state index contributed by atoms with van der Waals surface area (Å²) in [7, 11) is 1.83. The average molecular weight is 272 g/mol. The van der Waals surface area contributed by atoms with Gasteiger partial charge >= 0.3 is 0 Å². The van der Waals surface area contributed by atoms with Crippen LogP contribution in [0.25, 0.3) is 0 Å². The molecule has 15 heavy (non-hydrogen) atoms. The number of nitrogens with one attached hydrogen (secondary N) is 1. The molecule has 0 bridgehead atoms. The first-order chi connectivity index (χ1) is 7.09. The van der Waals surface area contributed by atoms with Gasteiger partial charge in [-0.1, -0.05) is 0 Å².